The average molecular weight is 207 g/mol. The minimum atomic E-state index is 0. The molecular formula is C12H10NNaO. The van der Waals surface area contributed by atoms with Gasteiger partial charge in [-0.05, 0) is 24.3 Å². The van der Waals surface area contributed by atoms with Gasteiger partial charge in [0.15, 0.2) is 11.5 Å². The zero-order valence-electron chi connectivity index (χ0n) is 9.53. The van der Waals surface area contributed by atoms with E-state index in [0.29, 0.717) is 0 Å². The molecule has 3 rings (SSSR count). The fourth-order valence-corrected chi connectivity index (χ4v) is 1.58. The molecule has 0 aromatic heterocycles. The van der Waals surface area contributed by atoms with Gasteiger partial charge in [-0.2, -0.15) is 0 Å². The summed E-state index contributed by atoms with van der Waals surface area (Å²) in [6, 6.07) is 15.8. The van der Waals surface area contributed by atoms with Crippen molar-refractivity contribution in [3.05, 3.63) is 48.5 Å². The number of ether oxygens (including phenoxy) is 1. The first-order valence-corrected chi connectivity index (χ1v) is 4.56. The number of rotatable bonds is 0. The van der Waals surface area contributed by atoms with E-state index in [1.807, 2.05) is 48.5 Å². The molecule has 0 radical (unpaired) electrons. The van der Waals surface area contributed by atoms with E-state index >= 15 is 0 Å². The van der Waals surface area contributed by atoms with Crippen LogP contribution in [0.4, 0.5) is 11.4 Å². The molecule has 0 unspecified atom stereocenters. The minimum Gasteiger partial charge on any atom is -1.00 e. The Kier molecular flexibility index (Phi) is 3.00. The molecule has 2 aromatic carbocycles. The SMILES string of the molecule is [H-].[Na+].c1ccc2c(c1)Nc1ccccc1O2. The molecule has 0 bridgehead atoms. The Balaban J connectivity index is 0.000000640. The van der Waals surface area contributed by atoms with Crippen LogP contribution in [0.15, 0.2) is 48.5 Å². The summed E-state index contributed by atoms with van der Waals surface area (Å²) in [4.78, 5) is 0. The van der Waals surface area contributed by atoms with Gasteiger partial charge < -0.3 is 11.5 Å². The number of benzene rings is 2. The standard InChI is InChI=1S/C12H9NO.Na.H/c1-3-7-11-9(5-1)13-10-6-2-4-8-12(10)14-11;;/h1-8,13H;;/q;+1;-1. The molecule has 0 spiro atoms. The maximum Gasteiger partial charge on any atom is 1.00 e. The molecule has 0 atom stereocenters. The fourth-order valence-electron chi connectivity index (χ4n) is 1.58. The minimum absolute atomic E-state index is 0. The van der Waals surface area contributed by atoms with Crippen LogP contribution in [-0.2, 0) is 0 Å². The molecule has 0 saturated carbocycles. The molecule has 15 heavy (non-hydrogen) atoms. The molecule has 0 saturated heterocycles. The quantitative estimate of drug-likeness (QED) is 0.546. The number of hydrogen-bond donors (Lipinski definition) is 1. The van der Waals surface area contributed by atoms with Crippen LogP contribution < -0.4 is 39.6 Å². The number of hydrogen-bond acceptors (Lipinski definition) is 2. The van der Waals surface area contributed by atoms with Gasteiger partial charge in [0, 0.05) is 0 Å². The van der Waals surface area contributed by atoms with Crippen LogP contribution in [-0.4, -0.2) is 0 Å². The average Bonchev–Trinajstić information content (AvgIpc) is 2.26. The second kappa shape index (κ2) is 4.27. The predicted molar refractivity (Wildman–Crippen MR) is 57.4 cm³/mol. The summed E-state index contributed by atoms with van der Waals surface area (Å²) in [5.41, 5.74) is 2.04. The summed E-state index contributed by atoms with van der Waals surface area (Å²) in [6.07, 6.45) is 0. The van der Waals surface area contributed by atoms with Crippen molar-refractivity contribution in [2.75, 3.05) is 5.32 Å². The number of anilines is 2. The molecule has 0 amide bonds. The van der Waals surface area contributed by atoms with Gasteiger partial charge in [0.1, 0.15) is 0 Å². The van der Waals surface area contributed by atoms with Gasteiger partial charge >= 0.3 is 29.6 Å². The zero-order valence-corrected chi connectivity index (χ0v) is 10.5. The molecule has 2 nitrogen and oxygen atoms in total. The summed E-state index contributed by atoms with van der Waals surface area (Å²) in [5.74, 6) is 1.76. The largest absolute Gasteiger partial charge is 1.00 e. The third kappa shape index (κ3) is 1.88. The molecule has 1 N–H and O–H groups in total. The first-order chi connectivity index (χ1) is 6.93. The van der Waals surface area contributed by atoms with Crippen LogP contribution in [0.25, 0.3) is 0 Å². The smallest absolute Gasteiger partial charge is 1.00 e. The van der Waals surface area contributed by atoms with Crippen LogP contribution in [0.1, 0.15) is 1.43 Å². The Morgan fingerprint density at radius 1 is 0.800 bits per heavy atom. The van der Waals surface area contributed by atoms with Gasteiger partial charge in [0.2, 0.25) is 0 Å². The topological polar surface area (TPSA) is 21.3 Å². The Hall–Kier alpha value is -0.960. The number of nitrogens with one attached hydrogen (secondary N) is 1. The third-order valence-corrected chi connectivity index (χ3v) is 2.26. The molecule has 2 aromatic rings. The van der Waals surface area contributed by atoms with E-state index in [-0.39, 0.29) is 31.0 Å². The second-order valence-electron chi connectivity index (χ2n) is 3.22. The van der Waals surface area contributed by atoms with Crippen LogP contribution >= 0.6 is 0 Å². The Labute approximate surface area is 112 Å². The summed E-state index contributed by atoms with van der Waals surface area (Å²) in [6.45, 7) is 0. The van der Waals surface area contributed by atoms with Gasteiger partial charge in [-0.15, -0.1) is 0 Å². The molecular weight excluding hydrogens is 197 g/mol. The van der Waals surface area contributed by atoms with Crippen molar-refractivity contribution in [1.82, 2.24) is 0 Å². The molecule has 70 valence electrons. The van der Waals surface area contributed by atoms with Crippen LogP contribution in [0.3, 0.4) is 0 Å². The molecule has 1 aliphatic rings. The Morgan fingerprint density at radius 2 is 1.27 bits per heavy atom. The first-order valence-electron chi connectivity index (χ1n) is 4.56. The molecule has 3 heteroatoms. The molecule has 1 aliphatic heterocycles. The van der Waals surface area contributed by atoms with E-state index in [1.165, 1.54) is 0 Å². The fraction of sp³-hybridized carbons (Fsp3) is 0. The normalized spacial score (nSPS) is 11.2. The van der Waals surface area contributed by atoms with Crippen LogP contribution in [0, 0.1) is 0 Å². The van der Waals surface area contributed by atoms with Crippen molar-refractivity contribution in [3.63, 3.8) is 0 Å². The number of fused-ring (bicyclic) bond motifs is 2. The van der Waals surface area contributed by atoms with Crippen LogP contribution in [0.5, 0.6) is 11.5 Å². The van der Waals surface area contributed by atoms with Crippen molar-refractivity contribution in [3.8, 4) is 11.5 Å². The monoisotopic (exact) mass is 207 g/mol. The summed E-state index contributed by atoms with van der Waals surface area (Å²) in [5, 5.41) is 3.32. The van der Waals surface area contributed by atoms with Gasteiger partial charge in [0.25, 0.3) is 0 Å². The number of para-hydroxylation sites is 4. The van der Waals surface area contributed by atoms with E-state index in [4.69, 9.17) is 4.74 Å². The van der Waals surface area contributed by atoms with Crippen LogP contribution in [0.2, 0.25) is 0 Å². The van der Waals surface area contributed by atoms with Gasteiger partial charge in [-0.3, -0.25) is 0 Å². The van der Waals surface area contributed by atoms with Gasteiger partial charge in [-0.1, -0.05) is 24.3 Å². The van der Waals surface area contributed by atoms with E-state index in [2.05, 4.69) is 5.32 Å². The maximum absolute atomic E-state index is 5.71. The van der Waals surface area contributed by atoms with E-state index in [1.54, 1.807) is 0 Å². The molecule has 1 heterocycles. The van der Waals surface area contributed by atoms with Crippen molar-refractivity contribution < 1.29 is 35.7 Å². The van der Waals surface area contributed by atoms with Gasteiger partial charge in [0.05, 0.1) is 11.4 Å². The first kappa shape index (κ1) is 10.6. The maximum atomic E-state index is 5.71. The zero-order chi connectivity index (χ0) is 9.38. The van der Waals surface area contributed by atoms with E-state index in [0.717, 1.165) is 22.9 Å². The van der Waals surface area contributed by atoms with Crippen molar-refractivity contribution in [1.29, 1.82) is 0 Å². The van der Waals surface area contributed by atoms with Crippen molar-refractivity contribution >= 4 is 11.4 Å². The Bertz CT molecular complexity index is 402. The Morgan fingerprint density at radius 3 is 1.80 bits per heavy atom. The summed E-state index contributed by atoms with van der Waals surface area (Å²) < 4.78 is 5.71. The van der Waals surface area contributed by atoms with E-state index in [9.17, 15) is 0 Å². The summed E-state index contributed by atoms with van der Waals surface area (Å²) >= 11 is 0. The molecule has 0 aliphatic carbocycles. The molecule has 0 fully saturated rings. The van der Waals surface area contributed by atoms with Crippen molar-refractivity contribution in [2.45, 2.75) is 0 Å². The third-order valence-electron chi connectivity index (χ3n) is 2.26. The second-order valence-corrected chi connectivity index (χ2v) is 3.22. The predicted octanol–water partition coefficient (Wildman–Crippen LogP) is 0.652. The van der Waals surface area contributed by atoms with Gasteiger partial charge in [-0.25, -0.2) is 0 Å². The van der Waals surface area contributed by atoms with E-state index < -0.39 is 0 Å². The van der Waals surface area contributed by atoms with Crippen molar-refractivity contribution in [2.24, 2.45) is 0 Å². The summed E-state index contributed by atoms with van der Waals surface area (Å²) in [7, 11) is 0.